The van der Waals surface area contributed by atoms with Gasteiger partial charge in [-0.3, -0.25) is 10.1 Å². The minimum absolute atomic E-state index is 0.0999. The second-order valence-electron chi connectivity index (χ2n) is 5.81. The minimum Gasteiger partial charge on any atom is -0.468 e. The van der Waals surface area contributed by atoms with Gasteiger partial charge in [-0.25, -0.2) is 0 Å². The average molecular weight is 274 g/mol. The van der Waals surface area contributed by atoms with Crippen LogP contribution >= 0.6 is 0 Å². The minimum atomic E-state index is -0.471. The summed E-state index contributed by atoms with van der Waals surface area (Å²) in [5, 5.41) is 3.53. The molecule has 1 aliphatic heterocycles. The second-order valence-corrected chi connectivity index (χ2v) is 5.81. The lowest BCUT2D eigenvalue weighted by atomic mass is 9.87. The van der Waals surface area contributed by atoms with Crippen LogP contribution in [0.25, 0.3) is 0 Å². The maximum atomic E-state index is 12.2. The highest BCUT2D eigenvalue weighted by molar-refractivity contribution is 5.81. The first-order chi connectivity index (χ1) is 9.73. The van der Waals surface area contributed by atoms with E-state index in [9.17, 15) is 4.79 Å². The number of nitrogens with zero attached hydrogens (tertiary/aromatic N) is 1. The van der Waals surface area contributed by atoms with Crippen molar-refractivity contribution in [3.05, 3.63) is 30.3 Å². The van der Waals surface area contributed by atoms with Crippen LogP contribution in [0.3, 0.4) is 0 Å². The summed E-state index contributed by atoms with van der Waals surface area (Å²) < 4.78 is 5.04. The Morgan fingerprint density at radius 1 is 1.25 bits per heavy atom. The van der Waals surface area contributed by atoms with Gasteiger partial charge in [-0.2, -0.15) is 0 Å². The number of anilines is 1. The summed E-state index contributed by atoms with van der Waals surface area (Å²) >= 11 is 0. The normalized spacial score (nSPS) is 21.6. The maximum Gasteiger partial charge on any atom is 0.326 e. The summed E-state index contributed by atoms with van der Waals surface area (Å²) in [7, 11) is 1.49. The molecule has 1 N–H and O–H groups in total. The summed E-state index contributed by atoms with van der Waals surface area (Å²) in [6, 6.07) is 10.9. The van der Waals surface area contributed by atoms with Gasteiger partial charge in [-0.15, -0.1) is 0 Å². The van der Waals surface area contributed by atoms with E-state index in [2.05, 4.69) is 34.5 Å². The Balaban J connectivity index is 1.69. The maximum absolute atomic E-state index is 12.2. The summed E-state index contributed by atoms with van der Waals surface area (Å²) in [5.41, 5.74) is 0.763. The van der Waals surface area contributed by atoms with Gasteiger partial charge >= 0.3 is 5.97 Å². The van der Waals surface area contributed by atoms with E-state index >= 15 is 0 Å². The number of carbonyl (C=O) groups excluding carboxylic acids is 1. The smallest absolute Gasteiger partial charge is 0.326 e. The molecular weight excluding hydrogens is 252 g/mol. The number of nitrogens with one attached hydrogen (secondary N) is 1. The monoisotopic (exact) mass is 274 g/mol. The van der Waals surface area contributed by atoms with Crippen LogP contribution in [0.4, 0.5) is 5.69 Å². The molecule has 108 valence electrons. The van der Waals surface area contributed by atoms with E-state index in [1.807, 2.05) is 6.07 Å². The molecular formula is C16H22N2O2. The Morgan fingerprint density at radius 3 is 2.45 bits per heavy atom. The molecule has 0 spiro atoms. The number of para-hydroxylation sites is 1. The van der Waals surface area contributed by atoms with Gasteiger partial charge in [0, 0.05) is 24.8 Å². The van der Waals surface area contributed by atoms with Gasteiger partial charge in [0.1, 0.15) is 5.54 Å². The SMILES string of the molecule is COC(=O)C1(NC2CC2)CCN(c2ccccc2)CC1. The third-order valence-electron chi connectivity index (χ3n) is 4.37. The third-order valence-corrected chi connectivity index (χ3v) is 4.37. The quantitative estimate of drug-likeness (QED) is 0.852. The van der Waals surface area contributed by atoms with E-state index in [-0.39, 0.29) is 5.97 Å². The van der Waals surface area contributed by atoms with Crippen LogP contribution < -0.4 is 10.2 Å². The molecule has 4 nitrogen and oxygen atoms in total. The van der Waals surface area contributed by atoms with Gasteiger partial charge in [0.15, 0.2) is 0 Å². The van der Waals surface area contributed by atoms with E-state index in [4.69, 9.17) is 4.74 Å². The highest BCUT2D eigenvalue weighted by atomic mass is 16.5. The lowest BCUT2D eigenvalue weighted by molar-refractivity contribution is -0.149. The van der Waals surface area contributed by atoms with Gasteiger partial charge in [0.2, 0.25) is 0 Å². The highest BCUT2D eigenvalue weighted by Crippen LogP contribution is 2.31. The van der Waals surface area contributed by atoms with Crippen LogP contribution in [0.1, 0.15) is 25.7 Å². The van der Waals surface area contributed by atoms with Crippen LogP contribution in [0.15, 0.2) is 30.3 Å². The van der Waals surface area contributed by atoms with Crippen molar-refractivity contribution in [3.8, 4) is 0 Å². The summed E-state index contributed by atoms with van der Waals surface area (Å²) in [4.78, 5) is 14.5. The molecule has 2 aliphatic rings. The second kappa shape index (κ2) is 5.44. The lowest BCUT2D eigenvalue weighted by Crippen LogP contribution is -2.59. The Morgan fingerprint density at radius 2 is 1.90 bits per heavy atom. The fourth-order valence-electron chi connectivity index (χ4n) is 3.01. The van der Waals surface area contributed by atoms with E-state index in [1.165, 1.54) is 25.6 Å². The van der Waals surface area contributed by atoms with Gasteiger partial charge in [-0.05, 0) is 37.8 Å². The molecule has 0 unspecified atom stereocenters. The summed E-state index contributed by atoms with van der Waals surface area (Å²) in [6.45, 7) is 1.78. The zero-order valence-electron chi connectivity index (χ0n) is 12.0. The van der Waals surface area contributed by atoms with Crippen molar-refractivity contribution < 1.29 is 9.53 Å². The Kier molecular flexibility index (Phi) is 3.66. The zero-order valence-corrected chi connectivity index (χ0v) is 12.0. The Labute approximate surface area is 120 Å². The molecule has 2 fully saturated rings. The third kappa shape index (κ3) is 2.66. The molecule has 0 atom stereocenters. The van der Waals surface area contributed by atoms with E-state index in [0.29, 0.717) is 6.04 Å². The fraction of sp³-hybridized carbons (Fsp3) is 0.562. The molecule has 3 rings (SSSR count). The van der Waals surface area contributed by atoms with Crippen molar-refractivity contribution in [1.82, 2.24) is 5.32 Å². The first-order valence-corrected chi connectivity index (χ1v) is 7.40. The van der Waals surface area contributed by atoms with Crippen LogP contribution in [0, 0.1) is 0 Å². The van der Waals surface area contributed by atoms with Crippen LogP contribution in [0.5, 0.6) is 0 Å². The Bertz CT molecular complexity index is 463. The molecule has 1 saturated heterocycles. The van der Waals surface area contributed by atoms with Crippen molar-refractivity contribution in [3.63, 3.8) is 0 Å². The number of carbonyl (C=O) groups is 1. The topological polar surface area (TPSA) is 41.6 Å². The first-order valence-electron chi connectivity index (χ1n) is 7.40. The lowest BCUT2D eigenvalue weighted by Gasteiger charge is -2.41. The molecule has 0 bridgehead atoms. The van der Waals surface area contributed by atoms with Gasteiger partial charge in [0.25, 0.3) is 0 Å². The van der Waals surface area contributed by atoms with E-state index < -0.39 is 5.54 Å². The van der Waals surface area contributed by atoms with Crippen LogP contribution in [-0.4, -0.2) is 37.7 Å². The number of methoxy groups -OCH3 is 1. The predicted molar refractivity (Wildman–Crippen MR) is 78.8 cm³/mol. The van der Waals surface area contributed by atoms with E-state index in [1.54, 1.807) is 0 Å². The molecule has 1 heterocycles. The van der Waals surface area contributed by atoms with Crippen molar-refractivity contribution in [2.45, 2.75) is 37.3 Å². The largest absolute Gasteiger partial charge is 0.468 e. The van der Waals surface area contributed by atoms with Crippen molar-refractivity contribution >= 4 is 11.7 Å². The standard InChI is InChI=1S/C16H22N2O2/c1-20-15(19)16(17-13-7-8-13)9-11-18(12-10-16)14-5-3-2-4-6-14/h2-6,13,17H,7-12H2,1H3. The van der Waals surface area contributed by atoms with Gasteiger partial charge in [-0.1, -0.05) is 18.2 Å². The fourth-order valence-corrected chi connectivity index (χ4v) is 3.01. The van der Waals surface area contributed by atoms with Crippen molar-refractivity contribution in [2.75, 3.05) is 25.1 Å². The van der Waals surface area contributed by atoms with Gasteiger partial charge < -0.3 is 9.64 Å². The molecule has 1 aromatic carbocycles. The van der Waals surface area contributed by atoms with Gasteiger partial charge in [0.05, 0.1) is 7.11 Å². The summed E-state index contributed by atoms with van der Waals surface area (Å²) in [6.07, 6.45) is 3.98. The van der Waals surface area contributed by atoms with E-state index in [0.717, 1.165) is 25.9 Å². The highest BCUT2D eigenvalue weighted by Gasteiger charge is 2.45. The van der Waals surface area contributed by atoms with Crippen molar-refractivity contribution in [1.29, 1.82) is 0 Å². The molecule has 0 aromatic heterocycles. The molecule has 1 aliphatic carbocycles. The zero-order chi connectivity index (χ0) is 14.0. The predicted octanol–water partition coefficient (Wildman–Crippen LogP) is 1.95. The number of rotatable bonds is 4. The molecule has 4 heteroatoms. The average Bonchev–Trinajstić information content (AvgIpc) is 3.32. The number of hydrogen-bond donors (Lipinski definition) is 1. The molecule has 20 heavy (non-hydrogen) atoms. The first kappa shape index (κ1) is 13.4. The number of piperidine rings is 1. The van der Waals surface area contributed by atoms with Crippen molar-refractivity contribution in [2.24, 2.45) is 0 Å². The molecule has 0 radical (unpaired) electrons. The number of hydrogen-bond acceptors (Lipinski definition) is 4. The number of esters is 1. The number of ether oxygens (including phenoxy) is 1. The molecule has 1 aromatic rings. The van der Waals surface area contributed by atoms with Crippen LogP contribution in [-0.2, 0) is 9.53 Å². The molecule has 1 saturated carbocycles. The summed E-state index contributed by atoms with van der Waals surface area (Å²) in [5.74, 6) is -0.0999. The molecule has 0 amide bonds. The van der Waals surface area contributed by atoms with Crippen LogP contribution in [0.2, 0.25) is 0 Å². The Hall–Kier alpha value is -1.55. The number of benzene rings is 1.